The number of methoxy groups -OCH3 is 1. The molecule has 1 unspecified atom stereocenters. The van der Waals surface area contributed by atoms with Crippen molar-refractivity contribution in [3.8, 4) is 5.75 Å². The monoisotopic (exact) mass is 505 g/mol. The SMILES string of the molecule is CCOC(=O)C1=C(C)N=c2sc(=Cc3ccc(N(CC)CC)cc3)c(=O)n2C1c1ccc(OC)cc1. The van der Waals surface area contributed by atoms with E-state index in [-0.39, 0.29) is 12.2 Å². The van der Waals surface area contributed by atoms with E-state index in [9.17, 15) is 9.59 Å². The molecule has 36 heavy (non-hydrogen) atoms. The van der Waals surface area contributed by atoms with Crippen LogP contribution in [0.2, 0.25) is 0 Å². The molecule has 8 heteroatoms. The van der Waals surface area contributed by atoms with E-state index in [0.717, 1.165) is 29.9 Å². The number of allylic oxidation sites excluding steroid dienone is 1. The number of carbonyl (C=O) groups is 1. The number of hydrogen-bond donors (Lipinski definition) is 0. The Morgan fingerprint density at radius 1 is 1.08 bits per heavy atom. The lowest BCUT2D eigenvalue weighted by molar-refractivity contribution is -0.139. The van der Waals surface area contributed by atoms with Gasteiger partial charge in [-0.2, -0.15) is 0 Å². The number of hydrogen-bond acceptors (Lipinski definition) is 7. The molecule has 2 heterocycles. The van der Waals surface area contributed by atoms with Crippen molar-refractivity contribution < 1.29 is 14.3 Å². The number of carbonyl (C=O) groups excluding carboxylic acids is 1. The summed E-state index contributed by atoms with van der Waals surface area (Å²) in [5.74, 6) is 0.221. The van der Waals surface area contributed by atoms with Gasteiger partial charge in [-0.1, -0.05) is 35.6 Å². The third-order valence-electron chi connectivity index (χ3n) is 6.27. The summed E-state index contributed by atoms with van der Waals surface area (Å²) in [7, 11) is 1.60. The van der Waals surface area contributed by atoms with Crippen LogP contribution in [0.1, 0.15) is 44.9 Å². The molecule has 7 nitrogen and oxygen atoms in total. The lowest BCUT2D eigenvalue weighted by Gasteiger charge is -2.24. The number of rotatable bonds is 8. The van der Waals surface area contributed by atoms with Gasteiger partial charge in [0.1, 0.15) is 5.75 Å². The van der Waals surface area contributed by atoms with E-state index in [1.54, 1.807) is 25.5 Å². The number of benzene rings is 2. The highest BCUT2D eigenvalue weighted by Gasteiger charge is 2.33. The molecule has 2 aromatic carbocycles. The zero-order chi connectivity index (χ0) is 25.8. The van der Waals surface area contributed by atoms with Gasteiger partial charge in [0.25, 0.3) is 5.56 Å². The Labute approximate surface area is 214 Å². The quantitative estimate of drug-likeness (QED) is 0.437. The minimum absolute atomic E-state index is 0.193. The van der Waals surface area contributed by atoms with Crippen LogP contribution in [0.5, 0.6) is 5.75 Å². The Morgan fingerprint density at radius 2 is 1.75 bits per heavy atom. The number of nitrogens with zero attached hydrogens (tertiary/aromatic N) is 3. The van der Waals surface area contributed by atoms with Gasteiger partial charge in [0.15, 0.2) is 4.80 Å². The fourth-order valence-corrected chi connectivity index (χ4v) is 5.46. The summed E-state index contributed by atoms with van der Waals surface area (Å²) in [6, 6.07) is 14.9. The second kappa shape index (κ2) is 11.0. The highest BCUT2D eigenvalue weighted by Crippen LogP contribution is 2.31. The smallest absolute Gasteiger partial charge is 0.338 e. The van der Waals surface area contributed by atoms with Crippen molar-refractivity contribution in [3.63, 3.8) is 0 Å². The minimum atomic E-state index is -0.640. The molecule has 3 aromatic rings. The van der Waals surface area contributed by atoms with Gasteiger partial charge >= 0.3 is 5.97 Å². The van der Waals surface area contributed by atoms with Crippen LogP contribution < -0.4 is 24.5 Å². The number of ether oxygens (including phenoxy) is 2. The van der Waals surface area contributed by atoms with Gasteiger partial charge in [0.2, 0.25) is 0 Å². The lowest BCUT2D eigenvalue weighted by Crippen LogP contribution is -2.39. The van der Waals surface area contributed by atoms with Gasteiger partial charge < -0.3 is 14.4 Å². The molecule has 0 spiro atoms. The summed E-state index contributed by atoms with van der Waals surface area (Å²) in [6.07, 6.45) is 1.88. The topological polar surface area (TPSA) is 73.1 Å². The number of aromatic nitrogens is 1. The van der Waals surface area contributed by atoms with Crippen LogP contribution >= 0.6 is 11.3 Å². The first-order valence-corrected chi connectivity index (χ1v) is 12.9. The summed E-state index contributed by atoms with van der Waals surface area (Å²) in [5, 5.41) is 0. The zero-order valence-electron chi connectivity index (χ0n) is 21.3. The number of fused-ring (bicyclic) bond motifs is 1. The van der Waals surface area contributed by atoms with Gasteiger partial charge in [-0.3, -0.25) is 9.36 Å². The normalized spacial score (nSPS) is 15.4. The predicted molar refractivity (Wildman–Crippen MR) is 143 cm³/mol. The maximum atomic E-state index is 13.7. The van der Waals surface area contributed by atoms with Crippen LogP contribution in [0, 0.1) is 0 Å². The first kappa shape index (κ1) is 25.4. The van der Waals surface area contributed by atoms with Crippen molar-refractivity contribution in [3.05, 3.63) is 90.6 Å². The van der Waals surface area contributed by atoms with Crippen LogP contribution in [0.3, 0.4) is 0 Å². The molecule has 0 saturated carbocycles. The fraction of sp³-hybridized carbons (Fsp3) is 0.321. The maximum absolute atomic E-state index is 13.7. The Kier molecular flexibility index (Phi) is 7.74. The molecule has 1 atom stereocenters. The standard InChI is InChI=1S/C28H31N3O4S/c1-6-30(7-2)21-13-9-19(10-14-21)17-23-26(32)31-25(20-11-15-22(34-5)16-12-20)24(27(33)35-8-3)18(4)29-28(31)36-23/h9-17,25H,6-8H2,1-5H3. The van der Waals surface area contributed by atoms with Gasteiger partial charge in [0.05, 0.1) is 35.6 Å². The molecule has 188 valence electrons. The van der Waals surface area contributed by atoms with E-state index in [0.29, 0.717) is 26.4 Å². The Hall–Kier alpha value is -3.65. The summed E-state index contributed by atoms with van der Waals surface area (Å²) < 4.78 is 12.8. The molecule has 0 saturated heterocycles. The van der Waals surface area contributed by atoms with Gasteiger partial charge in [-0.15, -0.1) is 0 Å². The van der Waals surface area contributed by atoms with Crippen LogP contribution in [-0.4, -0.2) is 37.3 Å². The largest absolute Gasteiger partial charge is 0.497 e. The third-order valence-corrected chi connectivity index (χ3v) is 7.25. The summed E-state index contributed by atoms with van der Waals surface area (Å²) in [5.41, 5.74) is 3.58. The highest BCUT2D eigenvalue weighted by molar-refractivity contribution is 7.07. The molecular weight excluding hydrogens is 474 g/mol. The Bertz CT molecular complexity index is 1450. The van der Waals surface area contributed by atoms with Crippen molar-refractivity contribution >= 4 is 29.1 Å². The molecule has 0 N–H and O–H groups in total. The minimum Gasteiger partial charge on any atom is -0.497 e. The molecule has 0 aliphatic carbocycles. The average molecular weight is 506 g/mol. The van der Waals surface area contributed by atoms with Crippen LogP contribution in [0.25, 0.3) is 6.08 Å². The fourth-order valence-electron chi connectivity index (χ4n) is 4.41. The molecule has 0 amide bonds. The summed E-state index contributed by atoms with van der Waals surface area (Å²) in [4.78, 5) is 34.1. The zero-order valence-corrected chi connectivity index (χ0v) is 22.1. The first-order valence-electron chi connectivity index (χ1n) is 12.1. The molecule has 1 aromatic heterocycles. The molecule has 4 rings (SSSR count). The molecule has 0 fully saturated rings. The number of anilines is 1. The second-order valence-corrected chi connectivity index (χ2v) is 9.35. The van der Waals surface area contributed by atoms with Crippen molar-refractivity contribution in [2.45, 2.75) is 33.7 Å². The lowest BCUT2D eigenvalue weighted by atomic mass is 9.96. The summed E-state index contributed by atoms with van der Waals surface area (Å²) in [6.45, 7) is 9.90. The van der Waals surface area contributed by atoms with E-state index in [1.807, 2.05) is 42.5 Å². The van der Waals surface area contributed by atoms with E-state index >= 15 is 0 Å². The van der Waals surface area contributed by atoms with Crippen LogP contribution in [-0.2, 0) is 9.53 Å². The van der Waals surface area contributed by atoms with E-state index in [4.69, 9.17) is 9.47 Å². The van der Waals surface area contributed by atoms with Gasteiger partial charge in [-0.05, 0) is 69.2 Å². The average Bonchev–Trinajstić information content (AvgIpc) is 3.19. The first-order chi connectivity index (χ1) is 17.4. The molecule has 1 aliphatic rings. The van der Waals surface area contributed by atoms with E-state index in [2.05, 4.69) is 35.9 Å². The van der Waals surface area contributed by atoms with Crippen molar-refractivity contribution in [2.75, 3.05) is 31.7 Å². The molecule has 1 aliphatic heterocycles. The third kappa shape index (κ3) is 4.86. The van der Waals surface area contributed by atoms with Crippen molar-refractivity contribution in [1.29, 1.82) is 0 Å². The van der Waals surface area contributed by atoms with E-state index < -0.39 is 12.0 Å². The second-order valence-electron chi connectivity index (χ2n) is 8.34. The van der Waals surface area contributed by atoms with Gasteiger partial charge in [-0.25, -0.2) is 9.79 Å². The Balaban J connectivity index is 1.84. The Morgan fingerprint density at radius 3 is 2.33 bits per heavy atom. The maximum Gasteiger partial charge on any atom is 0.338 e. The van der Waals surface area contributed by atoms with E-state index in [1.165, 1.54) is 11.3 Å². The van der Waals surface area contributed by atoms with Crippen molar-refractivity contribution in [1.82, 2.24) is 4.57 Å². The summed E-state index contributed by atoms with van der Waals surface area (Å²) >= 11 is 1.32. The van der Waals surface area contributed by atoms with Gasteiger partial charge in [0, 0.05) is 18.8 Å². The van der Waals surface area contributed by atoms with Crippen molar-refractivity contribution in [2.24, 2.45) is 4.99 Å². The predicted octanol–water partition coefficient (Wildman–Crippen LogP) is 3.65. The van der Waals surface area contributed by atoms with Crippen LogP contribution in [0.4, 0.5) is 5.69 Å². The number of esters is 1. The highest BCUT2D eigenvalue weighted by atomic mass is 32.1. The number of thiazole rings is 1. The molecule has 0 bridgehead atoms. The molecular formula is C28H31N3O4S. The molecule has 0 radical (unpaired) electrons. The van der Waals surface area contributed by atoms with Crippen LogP contribution in [0.15, 0.2) is 69.6 Å².